The molecule has 7 aromatic carbocycles. The second kappa shape index (κ2) is 16.5. The molecule has 8 rings (SSSR count). The first-order chi connectivity index (χ1) is 27.4. The zero-order chi connectivity index (χ0) is 38.4. The summed E-state index contributed by atoms with van der Waals surface area (Å²) < 4.78 is 31.9. The third-order valence-electron chi connectivity index (χ3n) is 11.6. The molecule has 0 amide bonds. The molecule has 2 unspecified atom stereocenters. The van der Waals surface area contributed by atoms with Gasteiger partial charge in [0, 0.05) is 12.1 Å². The minimum atomic E-state index is -3.78. The molecular weight excluding hydrogens is 737 g/mol. The maximum Gasteiger partial charge on any atom is 0.216 e. The molecule has 7 aromatic rings. The molecule has 0 heterocycles. The summed E-state index contributed by atoms with van der Waals surface area (Å²) in [6.45, 7) is 0. The molecule has 4 nitrogen and oxygen atoms in total. The van der Waals surface area contributed by atoms with Gasteiger partial charge in [0.2, 0.25) is 10.0 Å². The summed E-state index contributed by atoms with van der Waals surface area (Å²) in [7, 11) is -9.95. The highest BCUT2D eigenvalue weighted by atomic mass is 32.2. The van der Waals surface area contributed by atoms with Crippen molar-refractivity contribution in [3.63, 3.8) is 0 Å². The largest absolute Gasteiger partial charge is 0.326 e. The number of nitrogens with two attached hydrogens (primary N) is 1. The van der Waals surface area contributed by atoms with Gasteiger partial charge in [0.05, 0.1) is 5.75 Å². The summed E-state index contributed by atoms with van der Waals surface area (Å²) in [6.07, 6.45) is 3.58. The smallest absolute Gasteiger partial charge is 0.216 e. The van der Waals surface area contributed by atoms with Gasteiger partial charge >= 0.3 is 0 Å². The highest BCUT2D eigenvalue weighted by Crippen LogP contribution is 2.20. The van der Waals surface area contributed by atoms with Crippen LogP contribution in [0.15, 0.2) is 200 Å². The van der Waals surface area contributed by atoms with Gasteiger partial charge in [0.1, 0.15) is 0 Å². The van der Waals surface area contributed by atoms with Crippen molar-refractivity contribution in [2.75, 3.05) is 0 Å². The minimum absolute atomic E-state index is 0.150. The molecule has 0 aliphatic heterocycles. The first kappa shape index (κ1) is 37.8. The molecular formula is C49H48N2O2SSi2. The zero-order valence-corrected chi connectivity index (χ0v) is 34.4. The van der Waals surface area contributed by atoms with Crippen LogP contribution in [-0.2, 0) is 15.8 Å². The van der Waals surface area contributed by atoms with Gasteiger partial charge in [-0.3, -0.25) is 0 Å². The summed E-state index contributed by atoms with van der Waals surface area (Å²) in [6, 6.07) is 71.6. The summed E-state index contributed by atoms with van der Waals surface area (Å²) in [4.78, 5) is 0. The molecule has 3 N–H and O–H groups in total. The molecule has 0 aromatic heterocycles. The number of nitrogens with one attached hydrogen (secondary N) is 1. The summed E-state index contributed by atoms with van der Waals surface area (Å²) >= 11 is 0. The summed E-state index contributed by atoms with van der Waals surface area (Å²) in [5.74, 6) is -0.150. The predicted octanol–water partition coefficient (Wildman–Crippen LogP) is 4.13. The lowest BCUT2D eigenvalue weighted by molar-refractivity contribution is 0.361. The normalized spacial score (nSPS) is 16.3. The second-order valence-corrected chi connectivity index (χ2v) is 24.4. The van der Waals surface area contributed by atoms with Crippen LogP contribution in [0.2, 0.25) is 0 Å². The summed E-state index contributed by atoms with van der Waals surface area (Å²) in [5.41, 5.74) is 7.28. The Morgan fingerprint density at radius 2 is 0.750 bits per heavy atom. The van der Waals surface area contributed by atoms with Gasteiger partial charge in [-0.25, -0.2) is 13.1 Å². The summed E-state index contributed by atoms with van der Waals surface area (Å²) in [5, 5.41) is 9.72. The van der Waals surface area contributed by atoms with Crippen LogP contribution >= 0.6 is 0 Å². The Hall–Kier alpha value is -5.16. The second-order valence-electron chi connectivity index (χ2n) is 15.0. The highest BCUT2D eigenvalue weighted by Gasteiger charge is 2.46. The van der Waals surface area contributed by atoms with Crippen LogP contribution in [-0.4, -0.2) is 36.6 Å². The number of sulfonamides is 1. The van der Waals surface area contributed by atoms with E-state index >= 15 is 0 Å². The molecule has 1 aliphatic rings. The molecule has 7 heteroatoms. The van der Waals surface area contributed by atoms with Crippen molar-refractivity contribution in [1.29, 1.82) is 0 Å². The Bertz CT molecular complexity index is 2120. The van der Waals surface area contributed by atoms with Crippen LogP contribution in [0.1, 0.15) is 31.2 Å². The van der Waals surface area contributed by atoms with E-state index in [-0.39, 0.29) is 17.8 Å². The van der Waals surface area contributed by atoms with Gasteiger partial charge < -0.3 is 5.73 Å². The van der Waals surface area contributed by atoms with E-state index in [0.29, 0.717) is 0 Å². The first-order valence-corrected chi connectivity index (χ1v) is 25.3. The molecule has 280 valence electrons. The lowest BCUT2D eigenvalue weighted by Gasteiger charge is -2.38. The van der Waals surface area contributed by atoms with Gasteiger partial charge in [-0.15, -0.1) is 0 Å². The van der Waals surface area contributed by atoms with Crippen molar-refractivity contribution in [2.45, 2.75) is 43.5 Å². The third-order valence-corrected chi connectivity index (χ3v) is 22.5. The molecule has 1 aliphatic carbocycles. The Balaban J connectivity index is 1.49. The molecule has 0 spiro atoms. The maximum absolute atomic E-state index is 14.4. The van der Waals surface area contributed by atoms with Crippen LogP contribution in [0.4, 0.5) is 0 Å². The quantitative estimate of drug-likeness (QED) is 0.145. The van der Waals surface area contributed by atoms with E-state index < -0.39 is 26.2 Å². The highest BCUT2D eigenvalue weighted by molar-refractivity contribution is 7.88. The number of hydrogen-bond donors (Lipinski definition) is 2. The number of rotatable bonds is 12. The van der Waals surface area contributed by atoms with E-state index in [1.807, 2.05) is 0 Å². The Morgan fingerprint density at radius 1 is 0.446 bits per heavy atom. The van der Waals surface area contributed by atoms with E-state index in [1.165, 1.54) is 31.1 Å². The lowest BCUT2D eigenvalue weighted by atomic mass is 9.92. The van der Waals surface area contributed by atoms with Gasteiger partial charge in [-0.2, -0.15) is 0 Å². The maximum atomic E-state index is 14.4. The zero-order valence-electron chi connectivity index (χ0n) is 31.5. The van der Waals surface area contributed by atoms with Crippen LogP contribution in [0.5, 0.6) is 0 Å². The van der Waals surface area contributed by atoms with E-state index in [0.717, 1.165) is 41.6 Å². The van der Waals surface area contributed by atoms with Gasteiger partial charge in [0.15, 0.2) is 16.1 Å². The third kappa shape index (κ3) is 7.29. The number of hydrogen-bond acceptors (Lipinski definition) is 3. The first-order valence-electron chi connectivity index (χ1n) is 19.6. The van der Waals surface area contributed by atoms with Crippen molar-refractivity contribution < 1.29 is 8.42 Å². The average molecular weight is 785 g/mol. The fourth-order valence-electron chi connectivity index (χ4n) is 9.13. The van der Waals surface area contributed by atoms with Crippen LogP contribution < -0.4 is 51.9 Å². The molecule has 0 radical (unpaired) electrons. The van der Waals surface area contributed by atoms with Crippen molar-refractivity contribution >= 4 is 67.7 Å². The standard InChI is InChI=1S/C49H48N2O2SSi2/c50-48-33-19-20-34-49(48)51-54(52,53)38-39-35-46(55(40-21-7-1-8-22-40,41-23-9-2-10-24-41)42-25-11-3-12-26-42)37-47(36-39)56(43-27-13-4-14-28-43,44-29-15-5-16-30-44)45-31-17-6-18-32-45/h1-18,21-32,35-37,48-49,51H,19-20,33-34,38,50H2. The molecule has 56 heavy (non-hydrogen) atoms. The molecule has 0 saturated heterocycles. The Kier molecular flexibility index (Phi) is 11.1. The van der Waals surface area contributed by atoms with Crippen molar-refractivity contribution in [3.8, 4) is 0 Å². The minimum Gasteiger partial charge on any atom is -0.326 e. The van der Waals surface area contributed by atoms with E-state index in [4.69, 9.17) is 5.73 Å². The van der Waals surface area contributed by atoms with Crippen LogP contribution in [0.25, 0.3) is 0 Å². The topological polar surface area (TPSA) is 72.2 Å². The van der Waals surface area contributed by atoms with E-state index in [9.17, 15) is 8.42 Å². The SMILES string of the molecule is NC1CCCCC1NS(=O)(=O)Cc1cc([Si](c2ccccc2)(c2ccccc2)c2ccccc2)cc([Si](c2ccccc2)(c2ccccc2)c2ccccc2)c1. The number of benzene rings is 7. The monoisotopic (exact) mass is 784 g/mol. The van der Waals surface area contributed by atoms with Gasteiger partial charge in [-0.1, -0.05) is 213 Å². The van der Waals surface area contributed by atoms with Gasteiger partial charge in [0.25, 0.3) is 0 Å². The Labute approximate surface area is 334 Å². The fourth-order valence-corrected chi connectivity index (χ4v) is 20.4. The van der Waals surface area contributed by atoms with E-state index in [2.05, 4.69) is 205 Å². The molecule has 1 fully saturated rings. The molecule has 2 atom stereocenters. The Morgan fingerprint density at radius 3 is 1.05 bits per heavy atom. The van der Waals surface area contributed by atoms with Crippen molar-refractivity contribution in [3.05, 3.63) is 206 Å². The van der Waals surface area contributed by atoms with Gasteiger partial charge in [-0.05, 0) is 59.9 Å². The van der Waals surface area contributed by atoms with Crippen LogP contribution in [0.3, 0.4) is 0 Å². The van der Waals surface area contributed by atoms with Crippen molar-refractivity contribution in [1.82, 2.24) is 4.72 Å². The predicted molar refractivity (Wildman–Crippen MR) is 240 cm³/mol. The fraction of sp³-hybridized carbons (Fsp3) is 0.143. The van der Waals surface area contributed by atoms with Crippen LogP contribution in [0, 0.1) is 0 Å². The average Bonchev–Trinajstić information content (AvgIpc) is 3.24. The van der Waals surface area contributed by atoms with E-state index in [1.54, 1.807) is 0 Å². The van der Waals surface area contributed by atoms with Crippen molar-refractivity contribution in [2.24, 2.45) is 5.73 Å². The molecule has 0 bridgehead atoms. The molecule has 1 saturated carbocycles. The lowest BCUT2D eigenvalue weighted by Crippen LogP contribution is -2.78.